The van der Waals surface area contributed by atoms with E-state index in [4.69, 9.17) is 35.6 Å². The molecule has 1 saturated carbocycles. The number of rotatable bonds is 15. The number of tetrazole rings is 1. The van der Waals surface area contributed by atoms with Gasteiger partial charge in [0.25, 0.3) is 5.88 Å². The highest BCUT2D eigenvalue weighted by Crippen LogP contribution is 2.35. The largest absolute Gasteiger partial charge is 0.487 e. The molecular formula is C32H43ClN10O4. The first kappa shape index (κ1) is 33.1. The van der Waals surface area contributed by atoms with Crippen molar-refractivity contribution in [2.75, 3.05) is 51.9 Å². The standard InChI is InChI=1S/C32H43ClN10O4/c1-23(20-42-22-36-39-40-42)47-30-17-24(5-10-28(30)33)25-18-34-32(35-19-25)37-29-21-43(38-31(29)46-14-4-3-13-44-2)27-8-6-26(7-9-27)41-11-15-45-16-12-41/h5,10,17-19,21-23,26-27H,3-4,6-9,11-16,20H2,1-2H3,(H,34,35,37)/t23-,26-,27-/m0/s1. The van der Waals surface area contributed by atoms with Gasteiger partial charge in [0.2, 0.25) is 5.95 Å². The zero-order valence-corrected chi connectivity index (χ0v) is 27.8. The van der Waals surface area contributed by atoms with Crippen LogP contribution in [-0.2, 0) is 16.0 Å². The highest BCUT2D eigenvalue weighted by molar-refractivity contribution is 6.32. The van der Waals surface area contributed by atoms with Crippen LogP contribution >= 0.6 is 11.6 Å². The first-order chi connectivity index (χ1) is 23.1. The average molecular weight is 667 g/mol. The molecule has 6 rings (SSSR count). The van der Waals surface area contributed by atoms with Gasteiger partial charge in [-0.15, -0.1) is 10.2 Å². The summed E-state index contributed by atoms with van der Waals surface area (Å²) in [6, 6.07) is 6.55. The van der Waals surface area contributed by atoms with Crippen molar-refractivity contribution in [3.05, 3.63) is 48.1 Å². The summed E-state index contributed by atoms with van der Waals surface area (Å²) in [7, 11) is 1.71. The zero-order valence-electron chi connectivity index (χ0n) is 27.0. The van der Waals surface area contributed by atoms with Gasteiger partial charge in [-0.05, 0) is 73.6 Å². The van der Waals surface area contributed by atoms with Crippen molar-refractivity contribution in [2.45, 2.75) is 70.2 Å². The van der Waals surface area contributed by atoms with Crippen LogP contribution in [0.5, 0.6) is 11.6 Å². The number of morpholine rings is 1. The van der Waals surface area contributed by atoms with Gasteiger partial charge in [-0.2, -0.15) is 0 Å². The second kappa shape index (κ2) is 16.3. The summed E-state index contributed by atoms with van der Waals surface area (Å²) in [6.07, 6.45) is 13.2. The fourth-order valence-corrected chi connectivity index (χ4v) is 6.28. The van der Waals surface area contributed by atoms with Gasteiger partial charge < -0.3 is 24.3 Å². The molecule has 15 heteroatoms. The van der Waals surface area contributed by atoms with E-state index in [0.29, 0.717) is 54.4 Å². The van der Waals surface area contributed by atoms with Crippen LogP contribution in [0.15, 0.2) is 43.1 Å². The molecule has 47 heavy (non-hydrogen) atoms. The first-order valence-corrected chi connectivity index (χ1v) is 16.7. The van der Waals surface area contributed by atoms with E-state index in [1.165, 1.54) is 0 Å². The van der Waals surface area contributed by atoms with Gasteiger partial charge >= 0.3 is 0 Å². The summed E-state index contributed by atoms with van der Waals surface area (Å²) in [5, 5.41) is 20.0. The van der Waals surface area contributed by atoms with Crippen LogP contribution in [0.2, 0.25) is 5.02 Å². The Kier molecular flexibility index (Phi) is 11.5. The fraction of sp³-hybridized carbons (Fsp3) is 0.562. The molecule has 1 N–H and O–H groups in total. The second-order valence-electron chi connectivity index (χ2n) is 12.0. The number of ether oxygens (including phenoxy) is 4. The molecule has 1 aromatic carbocycles. The van der Waals surface area contributed by atoms with Crippen molar-refractivity contribution in [2.24, 2.45) is 0 Å². The fourth-order valence-electron chi connectivity index (χ4n) is 6.12. The molecule has 0 amide bonds. The number of anilines is 2. The predicted octanol–water partition coefficient (Wildman–Crippen LogP) is 4.81. The van der Waals surface area contributed by atoms with Crippen LogP contribution < -0.4 is 14.8 Å². The van der Waals surface area contributed by atoms with Crippen LogP contribution in [0.3, 0.4) is 0 Å². The van der Waals surface area contributed by atoms with Gasteiger partial charge in [0.1, 0.15) is 23.9 Å². The van der Waals surface area contributed by atoms with Gasteiger partial charge in [0.15, 0.2) is 0 Å². The van der Waals surface area contributed by atoms with Crippen molar-refractivity contribution < 1.29 is 18.9 Å². The zero-order chi connectivity index (χ0) is 32.4. The van der Waals surface area contributed by atoms with Crippen molar-refractivity contribution in [1.82, 2.24) is 44.9 Å². The minimum absolute atomic E-state index is 0.203. The maximum Gasteiger partial charge on any atom is 0.256 e. The van der Waals surface area contributed by atoms with E-state index >= 15 is 0 Å². The van der Waals surface area contributed by atoms with E-state index in [-0.39, 0.29) is 6.10 Å². The third-order valence-electron chi connectivity index (χ3n) is 8.61. The molecule has 0 spiro atoms. The number of hydrogen-bond donors (Lipinski definition) is 1. The maximum absolute atomic E-state index is 6.46. The molecule has 4 aromatic rings. The lowest BCUT2D eigenvalue weighted by molar-refractivity contribution is 0.00503. The van der Waals surface area contributed by atoms with E-state index in [1.807, 2.05) is 25.3 Å². The van der Waals surface area contributed by atoms with E-state index in [0.717, 1.165) is 81.6 Å². The van der Waals surface area contributed by atoms with Crippen molar-refractivity contribution in [3.8, 4) is 22.8 Å². The molecule has 1 saturated heterocycles. The normalized spacial score (nSPS) is 19.4. The van der Waals surface area contributed by atoms with Crippen LogP contribution in [0.4, 0.5) is 11.6 Å². The lowest BCUT2D eigenvalue weighted by Crippen LogP contribution is -2.45. The molecular weight excluding hydrogens is 624 g/mol. The van der Waals surface area contributed by atoms with Crippen molar-refractivity contribution >= 4 is 23.2 Å². The summed E-state index contributed by atoms with van der Waals surface area (Å²) >= 11 is 6.46. The minimum Gasteiger partial charge on any atom is -0.487 e. The molecule has 0 bridgehead atoms. The molecule has 3 aromatic heterocycles. The highest BCUT2D eigenvalue weighted by Gasteiger charge is 2.29. The Bertz CT molecular complexity index is 1520. The number of unbranched alkanes of at least 4 members (excludes halogenated alkanes) is 1. The monoisotopic (exact) mass is 666 g/mol. The Morgan fingerprint density at radius 1 is 1.02 bits per heavy atom. The molecule has 1 atom stereocenters. The second-order valence-corrected chi connectivity index (χ2v) is 12.4. The van der Waals surface area contributed by atoms with Crippen molar-refractivity contribution in [3.63, 3.8) is 0 Å². The first-order valence-electron chi connectivity index (χ1n) is 16.3. The number of aromatic nitrogens is 8. The SMILES string of the molecule is COCCCCOc1nn([C@H]2CC[C@H](N3CCOCC3)CC2)cc1Nc1ncc(-c2ccc(Cl)c(O[C@@H](C)Cn3cnnn3)c2)cn1. The molecule has 2 aliphatic rings. The minimum atomic E-state index is -0.203. The van der Waals surface area contributed by atoms with E-state index in [9.17, 15) is 0 Å². The van der Waals surface area contributed by atoms with Gasteiger partial charge in [-0.3, -0.25) is 9.58 Å². The Labute approximate surface area is 279 Å². The quantitative estimate of drug-likeness (QED) is 0.174. The van der Waals surface area contributed by atoms with Gasteiger partial charge in [0.05, 0.1) is 43.6 Å². The molecule has 0 radical (unpaired) electrons. The molecule has 14 nitrogen and oxygen atoms in total. The molecule has 0 unspecified atom stereocenters. The van der Waals surface area contributed by atoms with Crippen LogP contribution in [-0.4, -0.2) is 104 Å². The van der Waals surface area contributed by atoms with Crippen LogP contribution in [0.25, 0.3) is 11.1 Å². The summed E-state index contributed by atoms with van der Waals surface area (Å²) in [5.74, 6) is 1.57. The number of benzene rings is 1. The lowest BCUT2D eigenvalue weighted by atomic mass is 9.90. The van der Waals surface area contributed by atoms with Gasteiger partial charge in [-0.25, -0.2) is 14.6 Å². The summed E-state index contributed by atoms with van der Waals surface area (Å²) < 4.78 is 26.7. The third-order valence-corrected chi connectivity index (χ3v) is 8.92. The number of methoxy groups -OCH3 is 1. The summed E-state index contributed by atoms with van der Waals surface area (Å²) in [6.45, 7) is 7.40. The van der Waals surface area contributed by atoms with Crippen LogP contribution in [0, 0.1) is 0 Å². The average Bonchev–Trinajstić information content (AvgIpc) is 3.76. The number of halogens is 1. The van der Waals surface area contributed by atoms with Crippen LogP contribution in [0.1, 0.15) is 51.5 Å². The Morgan fingerprint density at radius 3 is 2.53 bits per heavy atom. The number of nitrogens with one attached hydrogen (secondary N) is 1. The van der Waals surface area contributed by atoms with E-state index in [2.05, 4.69) is 40.4 Å². The smallest absolute Gasteiger partial charge is 0.256 e. The molecule has 1 aliphatic heterocycles. The third kappa shape index (κ3) is 8.95. The number of nitrogens with zero attached hydrogens (tertiary/aromatic N) is 9. The lowest BCUT2D eigenvalue weighted by Gasteiger charge is -2.38. The van der Waals surface area contributed by atoms with Crippen molar-refractivity contribution in [1.29, 1.82) is 0 Å². The summed E-state index contributed by atoms with van der Waals surface area (Å²) in [5.41, 5.74) is 2.46. The maximum atomic E-state index is 6.46. The number of hydrogen-bond acceptors (Lipinski definition) is 12. The Balaban J connectivity index is 1.11. The predicted molar refractivity (Wildman–Crippen MR) is 176 cm³/mol. The molecule has 4 heterocycles. The highest BCUT2D eigenvalue weighted by atomic mass is 35.5. The Morgan fingerprint density at radius 2 is 1.79 bits per heavy atom. The van der Waals surface area contributed by atoms with E-state index in [1.54, 1.807) is 36.6 Å². The Hall–Kier alpha value is -3.85. The molecule has 1 aliphatic carbocycles. The molecule has 252 valence electrons. The van der Waals surface area contributed by atoms with E-state index < -0.39 is 0 Å². The summed E-state index contributed by atoms with van der Waals surface area (Å²) in [4.78, 5) is 11.8. The van der Waals surface area contributed by atoms with Gasteiger partial charge in [0, 0.05) is 50.8 Å². The molecule has 2 fully saturated rings. The topological polar surface area (TPSA) is 139 Å². The van der Waals surface area contributed by atoms with Gasteiger partial charge in [-0.1, -0.05) is 17.7 Å².